The Morgan fingerprint density at radius 3 is 3.03 bits per heavy atom. The summed E-state index contributed by atoms with van der Waals surface area (Å²) in [7, 11) is 0. The van der Waals surface area contributed by atoms with Crippen LogP contribution in [0.2, 0.25) is 0 Å². The third-order valence-electron chi connectivity index (χ3n) is 6.96. The minimum Gasteiger partial charge on any atom is -0.493 e. The fourth-order valence-electron chi connectivity index (χ4n) is 5.42. The van der Waals surface area contributed by atoms with E-state index in [-0.39, 0.29) is 5.91 Å². The van der Waals surface area contributed by atoms with Crippen LogP contribution in [0.5, 0.6) is 5.75 Å². The van der Waals surface area contributed by atoms with Crippen molar-refractivity contribution in [1.82, 2.24) is 9.88 Å². The number of H-pyrrole nitrogens is 1. The number of aryl methyl sites for hydroxylation is 1. The molecular weight excluding hydrogens is 388 g/mol. The Kier molecular flexibility index (Phi) is 4.60. The molecule has 0 aliphatic carbocycles. The highest BCUT2D eigenvalue weighted by Crippen LogP contribution is 2.37. The zero-order valence-electron chi connectivity index (χ0n) is 17.7. The van der Waals surface area contributed by atoms with E-state index in [2.05, 4.69) is 50.6 Å². The second-order valence-corrected chi connectivity index (χ2v) is 8.93. The summed E-state index contributed by atoms with van der Waals surface area (Å²) >= 11 is 0. The Hall–Kier alpha value is -2.99. The highest BCUT2D eigenvalue weighted by atomic mass is 16.5. The fourth-order valence-corrected chi connectivity index (χ4v) is 5.42. The lowest BCUT2D eigenvalue weighted by Crippen LogP contribution is -2.55. The molecule has 3 aliphatic rings. The van der Waals surface area contributed by atoms with Crippen LogP contribution < -0.4 is 15.0 Å². The summed E-state index contributed by atoms with van der Waals surface area (Å²) in [6.07, 6.45) is 5.70. The van der Waals surface area contributed by atoms with Gasteiger partial charge in [-0.2, -0.15) is 0 Å². The van der Waals surface area contributed by atoms with Crippen LogP contribution in [0.25, 0.3) is 10.9 Å². The number of amides is 1. The maximum absolute atomic E-state index is 11.6. The molecule has 0 bridgehead atoms. The van der Waals surface area contributed by atoms with Gasteiger partial charge in [0.05, 0.1) is 6.61 Å². The molecule has 0 saturated carbocycles. The van der Waals surface area contributed by atoms with Crippen LogP contribution in [0.3, 0.4) is 0 Å². The summed E-state index contributed by atoms with van der Waals surface area (Å²) in [6.45, 7) is 5.03. The first kappa shape index (κ1) is 18.8. The van der Waals surface area contributed by atoms with Gasteiger partial charge in [-0.25, -0.2) is 0 Å². The average Bonchev–Trinajstić information content (AvgIpc) is 3.20. The smallest absolute Gasteiger partial charge is 0.224 e. The largest absolute Gasteiger partial charge is 0.493 e. The minimum atomic E-state index is 0.0921. The topological polar surface area (TPSA) is 60.6 Å². The van der Waals surface area contributed by atoms with E-state index in [0.29, 0.717) is 19.1 Å². The van der Waals surface area contributed by atoms with Gasteiger partial charge < -0.3 is 19.9 Å². The number of anilines is 2. The molecule has 2 aromatic carbocycles. The first-order valence-electron chi connectivity index (χ1n) is 11.4. The Labute approximate surface area is 182 Å². The average molecular weight is 417 g/mol. The maximum atomic E-state index is 11.6. The first-order valence-corrected chi connectivity index (χ1v) is 11.4. The number of fused-ring (bicyclic) bond motifs is 3. The Morgan fingerprint density at radius 1 is 1.10 bits per heavy atom. The predicted octanol–water partition coefficient (Wildman–Crippen LogP) is 3.57. The highest BCUT2D eigenvalue weighted by Gasteiger charge is 2.32. The van der Waals surface area contributed by atoms with Crippen LogP contribution in [0.15, 0.2) is 42.6 Å². The number of benzene rings is 2. The Balaban J connectivity index is 1.03. The lowest BCUT2D eigenvalue weighted by molar-refractivity contribution is -0.116. The lowest BCUT2D eigenvalue weighted by atomic mass is 9.94. The molecular formula is C25H28N4O2. The molecule has 160 valence electrons. The molecule has 1 amide bonds. The summed E-state index contributed by atoms with van der Waals surface area (Å²) in [5.41, 5.74) is 6.20. The molecule has 0 radical (unpaired) electrons. The summed E-state index contributed by atoms with van der Waals surface area (Å²) in [5, 5.41) is 4.37. The quantitative estimate of drug-likeness (QED) is 0.625. The van der Waals surface area contributed by atoms with Gasteiger partial charge in [0, 0.05) is 73.2 Å². The van der Waals surface area contributed by atoms with E-state index in [1.807, 2.05) is 12.1 Å². The van der Waals surface area contributed by atoms with Gasteiger partial charge in [0.1, 0.15) is 5.75 Å². The van der Waals surface area contributed by atoms with Gasteiger partial charge in [-0.3, -0.25) is 9.69 Å². The van der Waals surface area contributed by atoms with Crippen LogP contribution >= 0.6 is 0 Å². The number of rotatable bonds is 5. The molecule has 0 spiro atoms. The van der Waals surface area contributed by atoms with Crippen molar-refractivity contribution in [3.8, 4) is 5.75 Å². The third kappa shape index (κ3) is 3.45. The summed E-state index contributed by atoms with van der Waals surface area (Å²) in [5.74, 6) is 0.931. The van der Waals surface area contributed by atoms with Crippen molar-refractivity contribution in [3.63, 3.8) is 0 Å². The molecule has 1 aromatic heterocycles. The number of hydrogen-bond acceptors (Lipinski definition) is 4. The van der Waals surface area contributed by atoms with E-state index in [4.69, 9.17) is 4.74 Å². The number of carbonyl (C=O) groups is 1. The SMILES string of the molecule is O=C1CCc2ccc(OCCCN3CCN4c5cccc6[nH]cc(c56)CC4C3)cc2N1. The van der Waals surface area contributed by atoms with Gasteiger partial charge in [-0.1, -0.05) is 12.1 Å². The van der Waals surface area contributed by atoms with E-state index in [9.17, 15) is 4.79 Å². The van der Waals surface area contributed by atoms with Crippen molar-refractivity contribution in [2.45, 2.75) is 31.7 Å². The number of piperazine rings is 1. The minimum absolute atomic E-state index is 0.0921. The zero-order valence-corrected chi connectivity index (χ0v) is 17.7. The van der Waals surface area contributed by atoms with Crippen LogP contribution in [0.4, 0.5) is 11.4 Å². The number of aromatic nitrogens is 1. The highest BCUT2D eigenvalue weighted by molar-refractivity contribution is 5.97. The summed E-state index contributed by atoms with van der Waals surface area (Å²) in [6, 6.07) is 13.2. The van der Waals surface area contributed by atoms with Crippen LogP contribution in [-0.4, -0.2) is 54.6 Å². The van der Waals surface area contributed by atoms with E-state index in [0.717, 1.165) is 56.9 Å². The predicted molar refractivity (Wildman–Crippen MR) is 123 cm³/mol. The molecule has 1 unspecified atom stereocenters. The van der Waals surface area contributed by atoms with Gasteiger partial charge in [-0.15, -0.1) is 0 Å². The molecule has 6 rings (SSSR count). The molecule has 3 aliphatic heterocycles. The molecule has 1 saturated heterocycles. The molecule has 4 heterocycles. The van der Waals surface area contributed by atoms with Crippen LogP contribution in [0, 0.1) is 0 Å². The second kappa shape index (κ2) is 7.61. The number of hydrogen-bond donors (Lipinski definition) is 2. The molecule has 31 heavy (non-hydrogen) atoms. The van der Waals surface area contributed by atoms with Gasteiger partial charge >= 0.3 is 0 Å². The number of carbonyl (C=O) groups excluding carboxylic acids is 1. The van der Waals surface area contributed by atoms with Gasteiger partial charge in [0.25, 0.3) is 0 Å². The summed E-state index contributed by atoms with van der Waals surface area (Å²) in [4.78, 5) is 20.2. The molecule has 6 heteroatoms. The zero-order chi connectivity index (χ0) is 20.8. The van der Waals surface area contributed by atoms with E-state index in [1.165, 1.54) is 27.7 Å². The lowest BCUT2D eigenvalue weighted by Gasteiger charge is -2.45. The van der Waals surface area contributed by atoms with Crippen molar-refractivity contribution in [1.29, 1.82) is 0 Å². The number of nitrogens with zero attached hydrogens (tertiary/aromatic N) is 2. The first-order chi connectivity index (χ1) is 15.2. The second-order valence-electron chi connectivity index (χ2n) is 8.93. The van der Waals surface area contributed by atoms with Crippen LogP contribution in [0.1, 0.15) is 24.0 Å². The summed E-state index contributed by atoms with van der Waals surface area (Å²) < 4.78 is 5.99. The van der Waals surface area contributed by atoms with Gasteiger partial charge in [0.2, 0.25) is 5.91 Å². The normalized spacial score (nSPS) is 20.3. The van der Waals surface area contributed by atoms with Crippen LogP contribution in [-0.2, 0) is 17.6 Å². The molecule has 6 nitrogen and oxygen atoms in total. The van der Waals surface area contributed by atoms with Gasteiger partial charge in [-0.05, 0) is 48.6 Å². The monoisotopic (exact) mass is 416 g/mol. The van der Waals surface area contributed by atoms with Crippen molar-refractivity contribution in [2.75, 3.05) is 43.0 Å². The third-order valence-corrected chi connectivity index (χ3v) is 6.96. The molecule has 1 fully saturated rings. The number of nitrogens with one attached hydrogen (secondary N) is 2. The molecule has 3 aromatic rings. The number of ether oxygens (including phenoxy) is 1. The van der Waals surface area contributed by atoms with Crippen molar-refractivity contribution >= 4 is 28.2 Å². The molecule has 1 atom stereocenters. The van der Waals surface area contributed by atoms with Crippen molar-refractivity contribution in [2.24, 2.45) is 0 Å². The maximum Gasteiger partial charge on any atom is 0.224 e. The van der Waals surface area contributed by atoms with Crippen molar-refractivity contribution < 1.29 is 9.53 Å². The number of aromatic amines is 1. The Bertz CT molecular complexity index is 1140. The fraction of sp³-hybridized carbons (Fsp3) is 0.400. The Morgan fingerprint density at radius 2 is 2.06 bits per heavy atom. The molecule has 2 N–H and O–H groups in total. The van der Waals surface area contributed by atoms with E-state index < -0.39 is 0 Å². The van der Waals surface area contributed by atoms with E-state index >= 15 is 0 Å². The van der Waals surface area contributed by atoms with Crippen molar-refractivity contribution in [3.05, 3.63) is 53.7 Å². The van der Waals surface area contributed by atoms with E-state index in [1.54, 1.807) is 0 Å². The van der Waals surface area contributed by atoms with Gasteiger partial charge in [0.15, 0.2) is 0 Å². The standard InChI is InChI=1S/C25H28N4O2/c30-24-8-6-17-5-7-20(14-22(17)27-24)31-12-2-9-28-10-11-29-19(16-28)13-18-15-26-21-3-1-4-23(29)25(18)21/h1,3-5,7,14-15,19,26H,2,6,8-13,16H2,(H,27,30).